The van der Waals surface area contributed by atoms with Gasteiger partial charge in [0, 0.05) is 0 Å². The highest BCUT2D eigenvalue weighted by molar-refractivity contribution is 7.93. The lowest BCUT2D eigenvalue weighted by Crippen LogP contribution is -2.49. The van der Waals surface area contributed by atoms with Gasteiger partial charge in [-0.25, -0.2) is 8.42 Å². The number of amides is 1. The molecular formula is C14H15N3O5S. The molecular weight excluding hydrogens is 322 g/mol. The van der Waals surface area contributed by atoms with Crippen LogP contribution >= 0.6 is 0 Å². The Labute approximate surface area is 132 Å². The zero-order valence-corrected chi connectivity index (χ0v) is 13.3. The number of rotatable bonds is 3. The van der Waals surface area contributed by atoms with Gasteiger partial charge in [0.2, 0.25) is 0 Å². The van der Waals surface area contributed by atoms with Crippen molar-refractivity contribution in [3.05, 3.63) is 35.7 Å². The first-order valence-electron chi connectivity index (χ1n) is 6.83. The van der Waals surface area contributed by atoms with Crippen molar-refractivity contribution in [1.82, 2.24) is 5.16 Å². The highest BCUT2D eigenvalue weighted by Crippen LogP contribution is 2.37. The third-order valence-corrected chi connectivity index (χ3v) is 5.59. The van der Waals surface area contributed by atoms with E-state index in [1.54, 1.807) is 31.2 Å². The van der Waals surface area contributed by atoms with Crippen LogP contribution in [0.2, 0.25) is 0 Å². The summed E-state index contributed by atoms with van der Waals surface area (Å²) in [5, 5.41) is 3.68. The van der Waals surface area contributed by atoms with E-state index < -0.39 is 22.0 Å². The fourth-order valence-electron chi connectivity index (χ4n) is 2.53. The van der Waals surface area contributed by atoms with Crippen molar-refractivity contribution in [2.45, 2.75) is 24.8 Å². The number of hydrogen-bond acceptors (Lipinski definition) is 6. The van der Waals surface area contributed by atoms with Crippen LogP contribution in [0.1, 0.15) is 11.5 Å². The quantitative estimate of drug-likeness (QED) is 0.883. The van der Waals surface area contributed by atoms with Crippen molar-refractivity contribution in [3.8, 4) is 5.75 Å². The van der Waals surface area contributed by atoms with Crippen LogP contribution in [0.15, 0.2) is 33.7 Å². The SMILES string of the molecule is Cc1noc(C)c1S(=O)(=O)N1C[C@@H](C(N)=O)Oc2ccccc21. The summed E-state index contributed by atoms with van der Waals surface area (Å²) in [4.78, 5) is 11.5. The van der Waals surface area contributed by atoms with E-state index in [0.717, 1.165) is 4.31 Å². The normalized spacial score (nSPS) is 17.5. The Balaban J connectivity index is 2.16. The van der Waals surface area contributed by atoms with Crippen LogP contribution < -0.4 is 14.8 Å². The minimum absolute atomic E-state index is 0.0163. The first-order valence-corrected chi connectivity index (χ1v) is 8.27. The standard InChI is InChI=1S/C14H15N3O5S/c1-8-13(9(2)22-16-8)23(19,20)17-7-12(14(15)18)21-11-6-4-3-5-10(11)17/h3-6,12H,7H2,1-2H3,(H2,15,18)/t12-/m0/s1. The van der Waals surface area contributed by atoms with E-state index >= 15 is 0 Å². The minimum atomic E-state index is -3.97. The molecule has 0 aliphatic carbocycles. The summed E-state index contributed by atoms with van der Waals surface area (Å²) in [7, 11) is -3.97. The molecule has 1 aromatic carbocycles. The van der Waals surface area contributed by atoms with E-state index in [9.17, 15) is 13.2 Å². The molecule has 0 radical (unpaired) electrons. The van der Waals surface area contributed by atoms with Crippen molar-refractivity contribution in [2.24, 2.45) is 5.73 Å². The number of nitrogens with zero attached hydrogens (tertiary/aromatic N) is 2. The Kier molecular flexibility index (Phi) is 3.52. The summed E-state index contributed by atoms with van der Waals surface area (Å²) in [6.07, 6.45) is -1.07. The number of ether oxygens (including phenoxy) is 1. The van der Waals surface area contributed by atoms with Gasteiger partial charge in [-0.2, -0.15) is 0 Å². The molecule has 2 heterocycles. The maximum absolute atomic E-state index is 13.0. The molecule has 1 amide bonds. The summed E-state index contributed by atoms with van der Waals surface area (Å²) >= 11 is 0. The van der Waals surface area contributed by atoms with Crippen molar-refractivity contribution in [2.75, 3.05) is 10.8 Å². The third-order valence-electron chi connectivity index (χ3n) is 3.57. The molecule has 1 aliphatic heterocycles. The van der Waals surface area contributed by atoms with E-state index in [2.05, 4.69) is 5.16 Å². The van der Waals surface area contributed by atoms with Gasteiger partial charge >= 0.3 is 0 Å². The molecule has 1 aromatic heterocycles. The van der Waals surface area contributed by atoms with E-state index in [1.807, 2.05) is 0 Å². The van der Waals surface area contributed by atoms with Gasteiger partial charge in [-0.3, -0.25) is 9.10 Å². The Morgan fingerprint density at radius 3 is 2.65 bits per heavy atom. The second kappa shape index (κ2) is 5.27. The molecule has 2 aromatic rings. The zero-order chi connectivity index (χ0) is 16.8. The maximum Gasteiger partial charge on any atom is 0.270 e. The highest BCUT2D eigenvalue weighted by Gasteiger charge is 2.39. The molecule has 2 N–H and O–H groups in total. The van der Waals surface area contributed by atoms with Gasteiger partial charge in [-0.1, -0.05) is 17.3 Å². The van der Waals surface area contributed by atoms with Gasteiger partial charge in [0.15, 0.2) is 16.8 Å². The van der Waals surface area contributed by atoms with E-state index in [0.29, 0.717) is 5.69 Å². The second-order valence-corrected chi connectivity index (χ2v) is 6.97. The number of aryl methyl sites for hydroxylation is 2. The van der Waals surface area contributed by atoms with E-state index in [-0.39, 0.29) is 28.6 Å². The van der Waals surface area contributed by atoms with Gasteiger partial charge in [0.1, 0.15) is 11.4 Å². The summed E-state index contributed by atoms with van der Waals surface area (Å²) in [6, 6.07) is 6.55. The molecule has 1 aliphatic rings. The molecule has 0 spiro atoms. The molecule has 8 nitrogen and oxygen atoms in total. The number of hydrogen-bond donors (Lipinski definition) is 1. The molecule has 0 unspecified atom stereocenters. The van der Waals surface area contributed by atoms with Gasteiger partial charge in [-0.15, -0.1) is 0 Å². The molecule has 1 atom stereocenters. The maximum atomic E-state index is 13.0. The van der Waals surface area contributed by atoms with Crippen LogP contribution in [0.25, 0.3) is 0 Å². The van der Waals surface area contributed by atoms with Crippen molar-refractivity contribution >= 4 is 21.6 Å². The Morgan fingerprint density at radius 1 is 1.35 bits per heavy atom. The fraction of sp³-hybridized carbons (Fsp3) is 0.286. The molecule has 0 bridgehead atoms. The van der Waals surface area contributed by atoms with Crippen LogP contribution in [-0.4, -0.2) is 32.1 Å². The number of benzene rings is 1. The van der Waals surface area contributed by atoms with Crippen LogP contribution in [0.4, 0.5) is 5.69 Å². The predicted molar refractivity (Wildman–Crippen MR) is 80.6 cm³/mol. The van der Waals surface area contributed by atoms with Gasteiger partial charge in [-0.05, 0) is 26.0 Å². The van der Waals surface area contributed by atoms with Crippen LogP contribution in [0.5, 0.6) is 5.75 Å². The fourth-order valence-corrected chi connectivity index (χ4v) is 4.30. The van der Waals surface area contributed by atoms with Crippen LogP contribution in [-0.2, 0) is 14.8 Å². The number of carbonyl (C=O) groups is 1. The summed E-state index contributed by atoms with van der Waals surface area (Å²) < 4.78 is 37.6. The number of para-hydroxylation sites is 2. The lowest BCUT2D eigenvalue weighted by molar-refractivity contribution is -0.124. The van der Waals surface area contributed by atoms with Crippen molar-refractivity contribution in [3.63, 3.8) is 0 Å². The molecule has 0 saturated carbocycles. The van der Waals surface area contributed by atoms with Gasteiger partial charge in [0.25, 0.3) is 15.9 Å². The number of fused-ring (bicyclic) bond motifs is 1. The number of nitrogens with two attached hydrogens (primary N) is 1. The second-order valence-electron chi connectivity index (χ2n) is 5.17. The molecule has 122 valence electrons. The first kappa shape index (κ1) is 15.3. The zero-order valence-electron chi connectivity index (χ0n) is 12.5. The minimum Gasteiger partial charge on any atom is -0.476 e. The number of sulfonamides is 1. The van der Waals surface area contributed by atoms with Crippen LogP contribution in [0, 0.1) is 13.8 Å². The van der Waals surface area contributed by atoms with Gasteiger partial charge < -0.3 is 15.0 Å². The molecule has 0 saturated heterocycles. The highest BCUT2D eigenvalue weighted by atomic mass is 32.2. The lowest BCUT2D eigenvalue weighted by Gasteiger charge is -2.33. The van der Waals surface area contributed by atoms with E-state index in [4.69, 9.17) is 15.0 Å². The Morgan fingerprint density at radius 2 is 2.04 bits per heavy atom. The average molecular weight is 337 g/mol. The molecule has 3 rings (SSSR count). The number of anilines is 1. The number of carbonyl (C=O) groups excluding carboxylic acids is 1. The smallest absolute Gasteiger partial charge is 0.270 e. The monoisotopic (exact) mass is 337 g/mol. The summed E-state index contributed by atoms with van der Waals surface area (Å²) in [6.45, 7) is 2.85. The average Bonchev–Trinajstić information content (AvgIpc) is 2.85. The topological polar surface area (TPSA) is 116 Å². The first-order chi connectivity index (χ1) is 10.8. The lowest BCUT2D eigenvalue weighted by atomic mass is 10.2. The van der Waals surface area contributed by atoms with E-state index in [1.165, 1.54) is 6.92 Å². The Hall–Kier alpha value is -2.55. The third kappa shape index (κ3) is 2.42. The van der Waals surface area contributed by atoms with Crippen molar-refractivity contribution < 1.29 is 22.5 Å². The van der Waals surface area contributed by atoms with Crippen LogP contribution in [0.3, 0.4) is 0 Å². The van der Waals surface area contributed by atoms with Crippen molar-refractivity contribution in [1.29, 1.82) is 0 Å². The predicted octanol–water partition coefficient (Wildman–Crippen LogP) is 0.733. The molecule has 9 heteroatoms. The molecule has 0 fully saturated rings. The largest absolute Gasteiger partial charge is 0.476 e. The summed E-state index contributed by atoms with van der Waals surface area (Å²) in [5.41, 5.74) is 5.88. The number of aromatic nitrogens is 1. The summed E-state index contributed by atoms with van der Waals surface area (Å²) in [5.74, 6) is -0.279. The molecule has 23 heavy (non-hydrogen) atoms. The Bertz CT molecular complexity index is 855. The number of primary amides is 1. The van der Waals surface area contributed by atoms with Gasteiger partial charge in [0.05, 0.1) is 12.2 Å².